The zero-order valence-corrected chi connectivity index (χ0v) is 16.9. The minimum Gasteiger partial charge on any atom is -0.478 e. The fourth-order valence-corrected chi connectivity index (χ4v) is 4.70. The molecule has 0 spiro atoms. The standard InChI is InChI=1S/C21H17N3O5S/c1-13-20(14(2)29-23-13)16-10-18-21(22-11-16)15(8-9-19(25)26)12-24(18)30(27,28)17-6-4-3-5-7-17/h3-12H,1-2H3,(H,25,26)/b9-8+. The van der Waals surface area contributed by atoms with E-state index in [2.05, 4.69) is 10.1 Å². The number of hydrogen-bond acceptors (Lipinski definition) is 6. The summed E-state index contributed by atoms with van der Waals surface area (Å²) in [6.45, 7) is 3.55. The van der Waals surface area contributed by atoms with Gasteiger partial charge in [0.2, 0.25) is 0 Å². The van der Waals surface area contributed by atoms with Crippen molar-refractivity contribution >= 4 is 33.1 Å². The molecule has 4 rings (SSSR count). The van der Waals surface area contributed by atoms with Crippen molar-refractivity contribution in [2.24, 2.45) is 0 Å². The van der Waals surface area contributed by atoms with Crippen molar-refractivity contribution in [2.75, 3.05) is 0 Å². The van der Waals surface area contributed by atoms with Gasteiger partial charge in [-0.15, -0.1) is 0 Å². The van der Waals surface area contributed by atoms with E-state index in [0.29, 0.717) is 33.6 Å². The molecule has 0 amide bonds. The Kier molecular flexibility index (Phi) is 4.75. The van der Waals surface area contributed by atoms with Crippen molar-refractivity contribution in [3.8, 4) is 11.1 Å². The highest BCUT2D eigenvalue weighted by molar-refractivity contribution is 7.90. The van der Waals surface area contributed by atoms with E-state index in [-0.39, 0.29) is 4.90 Å². The molecule has 0 fully saturated rings. The molecule has 1 aromatic carbocycles. The summed E-state index contributed by atoms with van der Waals surface area (Å²) in [6, 6.07) is 9.69. The molecule has 0 saturated heterocycles. The first kappa shape index (κ1) is 19.6. The van der Waals surface area contributed by atoms with Crippen LogP contribution >= 0.6 is 0 Å². The summed E-state index contributed by atoms with van der Waals surface area (Å²) in [6.07, 6.45) is 5.23. The number of fused-ring (bicyclic) bond motifs is 1. The number of benzene rings is 1. The van der Waals surface area contributed by atoms with E-state index < -0.39 is 16.0 Å². The van der Waals surface area contributed by atoms with Crippen LogP contribution in [0.15, 0.2) is 64.3 Å². The van der Waals surface area contributed by atoms with Gasteiger partial charge in [0.15, 0.2) is 0 Å². The molecule has 9 heteroatoms. The Labute approximate surface area is 172 Å². The summed E-state index contributed by atoms with van der Waals surface area (Å²) in [5, 5.41) is 12.9. The molecule has 1 N–H and O–H groups in total. The van der Waals surface area contributed by atoms with Crippen LogP contribution in [0.25, 0.3) is 28.2 Å². The molecule has 8 nitrogen and oxygen atoms in total. The Bertz CT molecular complexity index is 1380. The Morgan fingerprint density at radius 1 is 1.20 bits per heavy atom. The maximum absolute atomic E-state index is 13.3. The van der Waals surface area contributed by atoms with Gasteiger partial charge in [-0.25, -0.2) is 17.2 Å². The number of pyridine rings is 1. The predicted molar refractivity (Wildman–Crippen MR) is 110 cm³/mol. The van der Waals surface area contributed by atoms with Crippen LogP contribution in [-0.4, -0.2) is 33.6 Å². The second-order valence-corrected chi connectivity index (χ2v) is 8.48. The van der Waals surface area contributed by atoms with Crippen LogP contribution in [0.1, 0.15) is 17.0 Å². The number of carboxylic acids is 1. The maximum Gasteiger partial charge on any atom is 0.328 e. The minimum absolute atomic E-state index is 0.110. The van der Waals surface area contributed by atoms with Gasteiger partial charge >= 0.3 is 5.97 Å². The number of nitrogens with zero attached hydrogens (tertiary/aromatic N) is 3. The summed E-state index contributed by atoms with van der Waals surface area (Å²) in [5.74, 6) is -0.558. The first-order valence-electron chi connectivity index (χ1n) is 8.95. The molecule has 3 aromatic heterocycles. The third kappa shape index (κ3) is 3.29. The monoisotopic (exact) mass is 423 g/mol. The van der Waals surface area contributed by atoms with E-state index in [9.17, 15) is 13.2 Å². The van der Waals surface area contributed by atoms with Gasteiger partial charge in [0, 0.05) is 35.2 Å². The highest BCUT2D eigenvalue weighted by atomic mass is 32.2. The summed E-state index contributed by atoms with van der Waals surface area (Å²) >= 11 is 0. The highest BCUT2D eigenvalue weighted by Gasteiger charge is 2.22. The number of aliphatic carboxylic acids is 1. The molecule has 0 aliphatic rings. The van der Waals surface area contributed by atoms with Crippen LogP contribution in [0.2, 0.25) is 0 Å². The van der Waals surface area contributed by atoms with Gasteiger partial charge in [-0.2, -0.15) is 0 Å². The van der Waals surface area contributed by atoms with Gasteiger partial charge in [0.1, 0.15) is 5.76 Å². The van der Waals surface area contributed by atoms with Gasteiger partial charge in [0.25, 0.3) is 10.0 Å². The summed E-state index contributed by atoms with van der Waals surface area (Å²) in [5.41, 5.74) is 3.09. The molecule has 0 aliphatic carbocycles. The van der Waals surface area contributed by atoms with E-state index in [1.54, 1.807) is 44.3 Å². The average molecular weight is 423 g/mol. The SMILES string of the molecule is Cc1noc(C)c1-c1cnc2c(/C=C/C(=O)O)cn(S(=O)(=O)c3ccccc3)c2c1. The van der Waals surface area contributed by atoms with Crippen molar-refractivity contribution in [1.82, 2.24) is 14.1 Å². The number of carbonyl (C=O) groups is 1. The molecule has 4 aromatic rings. The Balaban J connectivity index is 2.01. The third-order valence-electron chi connectivity index (χ3n) is 4.66. The molecular weight excluding hydrogens is 406 g/mol. The topological polar surface area (TPSA) is 115 Å². The van der Waals surface area contributed by atoms with Gasteiger partial charge in [-0.1, -0.05) is 23.4 Å². The molecule has 0 aliphatic heterocycles. The van der Waals surface area contributed by atoms with Crippen LogP contribution in [0.3, 0.4) is 0 Å². The smallest absolute Gasteiger partial charge is 0.328 e. The zero-order valence-electron chi connectivity index (χ0n) is 16.1. The van der Waals surface area contributed by atoms with E-state index in [0.717, 1.165) is 15.6 Å². The number of aryl methyl sites for hydroxylation is 2. The van der Waals surface area contributed by atoms with Gasteiger partial charge in [0.05, 0.1) is 21.6 Å². The van der Waals surface area contributed by atoms with Gasteiger partial charge in [-0.05, 0) is 38.1 Å². The lowest BCUT2D eigenvalue weighted by atomic mass is 10.1. The highest BCUT2D eigenvalue weighted by Crippen LogP contribution is 2.32. The van der Waals surface area contributed by atoms with Crippen LogP contribution in [0.4, 0.5) is 0 Å². The molecular formula is C21H17N3O5S. The van der Waals surface area contributed by atoms with E-state index >= 15 is 0 Å². The van der Waals surface area contributed by atoms with E-state index in [1.165, 1.54) is 24.4 Å². The Morgan fingerprint density at radius 3 is 2.57 bits per heavy atom. The van der Waals surface area contributed by atoms with Crippen LogP contribution in [0.5, 0.6) is 0 Å². The molecule has 152 valence electrons. The van der Waals surface area contributed by atoms with Crippen molar-refractivity contribution in [3.05, 3.63) is 71.9 Å². The lowest BCUT2D eigenvalue weighted by Gasteiger charge is -2.08. The summed E-state index contributed by atoms with van der Waals surface area (Å²) in [4.78, 5) is 15.5. The van der Waals surface area contributed by atoms with Crippen molar-refractivity contribution < 1.29 is 22.8 Å². The Morgan fingerprint density at radius 2 is 1.93 bits per heavy atom. The minimum atomic E-state index is -3.93. The fraction of sp³-hybridized carbons (Fsp3) is 0.0952. The maximum atomic E-state index is 13.3. The fourth-order valence-electron chi connectivity index (χ4n) is 3.32. The molecule has 0 atom stereocenters. The molecule has 0 bridgehead atoms. The second-order valence-electron chi connectivity index (χ2n) is 6.66. The molecule has 0 saturated carbocycles. The normalized spacial score (nSPS) is 12.1. The Hall–Kier alpha value is -3.72. The second kappa shape index (κ2) is 7.27. The number of aromatic nitrogens is 3. The largest absolute Gasteiger partial charge is 0.478 e. The average Bonchev–Trinajstić information content (AvgIpc) is 3.26. The molecule has 0 radical (unpaired) electrons. The van der Waals surface area contributed by atoms with Crippen molar-refractivity contribution in [1.29, 1.82) is 0 Å². The number of hydrogen-bond donors (Lipinski definition) is 1. The van der Waals surface area contributed by atoms with Crippen LogP contribution < -0.4 is 0 Å². The third-order valence-corrected chi connectivity index (χ3v) is 6.35. The number of rotatable bonds is 5. The quantitative estimate of drug-likeness (QED) is 0.487. The van der Waals surface area contributed by atoms with Gasteiger partial charge < -0.3 is 9.63 Å². The first-order chi connectivity index (χ1) is 14.3. The van der Waals surface area contributed by atoms with Crippen LogP contribution in [-0.2, 0) is 14.8 Å². The molecule has 3 heterocycles. The lowest BCUT2D eigenvalue weighted by molar-refractivity contribution is -0.131. The van der Waals surface area contributed by atoms with Crippen LogP contribution in [0, 0.1) is 13.8 Å². The predicted octanol–water partition coefficient (Wildman–Crippen LogP) is 3.64. The molecule has 30 heavy (non-hydrogen) atoms. The summed E-state index contributed by atoms with van der Waals surface area (Å²) < 4.78 is 32.9. The summed E-state index contributed by atoms with van der Waals surface area (Å²) in [7, 11) is -3.93. The zero-order chi connectivity index (χ0) is 21.5. The van der Waals surface area contributed by atoms with Gasteiger partial charge in [-0.3, -0.25) is 4.98 Å². The lowest BCUT2D eigenvalue weighted by Crippen LogP contribution is -2.11. The molecule has 0 unspecified atom stereocenters. The van der Waals surface area contributed by atoms with Crippen molar-refractivity contribution in [3.63, 3.8) is 0 Å². The number of carboxylic acid groups (broad SMARTS) is 1. The van der Waals surface area contributed by atoms with E-state index in [1.807, 2.05) is 0 Å². The van der Waals surface area contributed by atoms with E-state index in [4.69, 9.17) is 9.63 Å². The first-order valence-corrected chi connectivity index (χ1v) is 10.4. The van der Waals surface area contributed by atoms with Crippen molar-refractivity contribution in [2.45, 2.75) is 18.7 Å².